The Bertz CT molecular complexity index is 1080. The quantitative estimate of drug-likeness (QED) is 0.638. The number of aromatic amines is 1. The summed E-state index contributed by atoms with van der Waals surface area (Å²) >= 11 is 5.38. The molecular weight excluding hydrogens is 398 g/mol. The lowest BCUT2D eigenvalue weighted by atomic mass is 10.2. The van der Waals surface area contributed by atoms with Crippen molar-refractivity contribution in [2.75, 3.05) is 38.2 Å². The molecule has 1 fully saturated rings. The first kappa shape index (κ1) is 20.2. The Morgan fingerprint density at radius 1 is 1.13 bits per heavy atom. The highest BCUT2D eigenvalue weighted by molar-refractivity contribution is 7.71. The van der Waals surface area contributed by atoms with E-state index in [1.165, 1.54) is 11.3 Å². The van der Waals surface area contributed by atoms with Crippen LogP contribution in [0.5, 0.6) is 5.75 Å². The van der Waals surface area contributed by atoms with Crippen molar-refractivity contribution in [2.24, 2.45) is 0 Å². The molecule has 8 heteroatoms. The van der Waals surface area contributed by atoms with Crippen LogP contribution in [0.15, 0.2) is 48.5 Å². The lowest BCUT2D eigenvalue weighted by Gasteiger charge is -2.36. The molecule has 1 aliphatic rings. The fourth-order valence-corrected chi connectivity index (χ4v) is 3.90. The van der Waals surface area contributed by atoms with Gasteiger partial charge < -0.3 is 14.5 Å². The van der Waals surface area contributed by atoms with Crippen LogP contribution >= 0.6 is 12.2 Å². The number of nitrogens with zero attached hydrogens (tertiary/aromatic N) is 4. The van der Waals surface area contributed by atoms with Crippen LogP contribution in [-0.4, -0.2) is 58.9 Å². The summed E-state index contributed by atoms with van der Waals surface area (Å²) in [6, 6.07) is 16.0. The molecule has 0 unspecified atom stereocenters. The number of nitrogens with one attached hydrogen (secondary N) is 1. The van der Waals surface area contributed by atoms with Gasteiger partial charge in [0.25, 0.3) is 0 Å². The van der Waals surface area contributed by atoms with Crippen LogP contribution in [-0.2, 0) is 11.3 Å². The molecule has 0 bridgehead atoms. The SMILES string of the molecule is COc1ccc(-c2n[nH]c(=S)n2CC(=O)N2CCN(c3cccc(C)c3)CC2)cc1. The number of rotatable bonds is 5. The van der Waals surface area contributed by atoms with Gasteiger partial charge in [0.1, 0.15) is 12.3 Å². The van der Waals surface area contributed by atoms with Crippen LogP contribution in [0.3, 0.4) is 0 Å². The molecule has 2 heterocycles. The van der Waals surface area contributed by atoms with E-state index in [9.17, 15) is 4.79 Å². The number of carbonyl (C=O) groups excluding carboxylic acids is 1. The first-order chi connectivity index (χ1) is 14.5. The van der Waals surface area contributed by atoms with Gasteiger partial charge in [0.2, 0.25) is 5.91 Å². The minimum absolute atomic E-state index is 0.0474. The molecule has 30 heavy (non-hydrogen) atoms. The van der Waals surface area contributed by atoms with E-state index in [1.54, 1.807) is 11.7 Å². The Labute approximate surface area is 180 Å². The summed E-state index contributed by atoms with van der Waals surface area (Å²) in [6.07, 6.45) is 0. The third-order valence-electron chi connectivity index (χ3n) is 5.40. The molecule has 1 aromatic heterocycles. The molecule has 0 saturated carbocycles. The van der Waals surface area contributed by atoms with Gasteiger partial charge in [-0.3, -0.25) is 14.5 Å². The van der Waals surface area contributed by atoms with Gasteiger partial charge >= 0.3 is 0 Å². The molecule has 156 valence electrons. The molecule has 0 radical (unpaired) electrons. The lowest BCUT2D eigenvalue weighted by Crippen LogP contribution is -2.49. The molecule has 0 aliphatic carbocycles. The standard InChI is InChI=1S/C22H25N5O2S/c1-16-4-3-5-18(14-16)25-10-12-26(13-11-25)20(28)15-27-21(23-24-22(27)30)17-6-8-19(29-2)9-7-17/h3-9,14H,10-13,15H2,1-2H3,(H,24,30). The maximum Gasteiger partial charge on any atom is 0.242 e. The maximum atomic E-state index is 13.0. The van der Waals surface area contributed by atoms with Gasteiger partial charge in [0, 0.05) is 37.4 Å². The second-order valence-electron chi connectivity index (χ2n) is 7.37. The summed E-state index contributed by atoms with van der Waals surface area (Å²) < 4.78 is 7.41. The van der Waals surface area contributed by atoms with Crippen LogP contribution < -0.4 is 9.64 Å². The van der Waals surface area contributed by atoms with Crippen molar-refractivity contribution in [1.29, 1.82) is 0 Å². The van der Waals surface area contributed by atoms with Crippen LogP contribution in [0, 0.1) is 11.7 Å². The topological polar surface area (TPSA) is 66.4 Å². The molecule has 2 aromatic carbocycles. The molecule has 1 aliphatic heterocycles. The summed E-state index contributed by atoms with van der Waals surface area (Å²) in [5, 5.41) is 7.14. The van der Waals surface area contributed by atoms with Crippen molar-refractivity contribution < 1.29 is 9.53 Å². The number of aryl methyl sites for hydroxylation is 1. The number of aromatic nitrogens is 3. The van der Waals surface area contributed by atoms with Gasteiger partial charge in [0.15, 0.2) is 10.6 Å². The van der Waals surface area contributed by atoms with Gasteiger partial charge in [-0.25, -0.2) is 0 Å². The smallest absolute Gasteiger partial charge is 0.242 e. The molecule has 0 spiro atoms. The predicted octanol–water partition coefficient (Wildman–Crippen LogP) is 3.27. The molecule has 4 rings (SSSR count). The number of ether oxygens (including phenoxy) is 1. The summed E-state index contributed by atoms with van der Waals surface area (Å²) in [4.78, 5) is 17.2. The normalized spacial score (nSPS) is 14.1. The van der Waals surface area contributed by atoms with E-state index in [4.69, 9.17) is 17.0 Å². The molecule has 0 atom stereocenters. The summed E-state index contributed by atoms with van der Waals surface area (Å²) in [5.41, 5.74) is 3.33. The van der Waals surface area contributed by atoms with E-state index >= 15 is 0 Å². The zero-order valence-corrected chi connectivity index (χ0v) is 18.0. The lowest BCUT2D eigenvalue weighted by molar-refractivity contribution is -0.132. The van der Waals surface area contributed by atoms with E-state index in [-0.39, 0.29) is 12.5 Å². The van der Waals surface area contributed by atoms with Crippen molar-refractivity contribution >= 4 is 23.8 Å². The van der Waals surface area contributed by atoms with Crippen molar-refractivity contribution in [3.63, 3.8) is 0 Å². The fourth-order valence-electron chi connectivity index (χ4n) is 3.70. The zero-order valence-electron chi connectivity index (χ0n) is 17.2. The van der Waals surface area contributed by atoms with Crippen LogP contribution in [0.4, 0.5) is 5.69 Å². The summed E-state index contributed by atoms with van der Waals surface area (Å²) in [7, 11) is 1.63. The monoisotopic (exact) mass is 423 g/mol. The second-order valence-corrected chi connectivity index (χ2v) is 7.76. The molecule has 1 amide bonds. The molecule has 7 nitrogen and oxygen atoms in total. The van der Waals surface area contributed by atoms with E-state index in [0.717, 1.165) is 24.4 Å². The van der Waals surface area contributed by atoms with Gasteiger partial charge in [0.05, 0.1) is 7.11 Å². The highest BCUT2D eigenvalue weighted by Gasteiger charge is 2.23. The van der Waals surface area contributed by atoms with Crippen LogP contribution in [0.2, 0.25) is 0 Å². The van der Waals surface area contributed by atoms with Crippen molar-refractivity contribution in [3.05, 3.63) is 58.9 Å². The summed E-state index contributed by atoms with van der Waals surface area (Å²) in [5.74, 6) is 1.46. The van der Waals surface area contributed by atoms with E-state index in [1.807, 2.05) is 29.2 Å². The first-order valence-corrected chi connectivity index (χ1v) is 10.3. The predicted molar refractivity (Wildman–Crippen MR) is 119 cm³/mol. The van der Waals surface area contributed by atoms with Crippen molar-refractivity contribution in [1.82, 2.24) is 19.7 Å². The zero-order chi connectivity index (χ0) is 21.1. The molecule has 3 aromatic rings. The van der Waals surface area contributed by atoms with E-state index in [0.29, 0.717) is 23.7 Å². The summed E-state index contributed by atoms with van der Waals surface area (Å²) in [6.45, 7) is 5.28. The number of hydrogen-bond donors (Lipinski definition) is 1. The average molecular weight is 424 g/mol. The Kier molecular flexibility index (Phi) is 5.85. The van der Waals surface area contributed by atoms with Gasteiger partial charge in [-0.05, 0) is 61.1 Å². The number of piperazine rings is 1. The van der Waals surface area contributed by atoms with E-state index < -0.39 is 0 Å². The maximum absolute atomic E-state index is 13.0. The Morgan fingerprint density at radius 3 is 2.53 bits per heavy atom. The number of anilines is 1. The number of benzene rings is 2. The van der Waals surface area contributed by atoms with Gasteiger partial charge in [-0.1, -0.05) is 12.1 Å². The van der Waals surface area contributed by atoms with E-state index in [2.05, 4.69) is 46.3 Å². The number of carbonyl (C=O) groups is 1. The second kappa shape index (κ2) is 8.71. The fraction of sp³-hybridized carbons (Fsp3) is 0.318. The Balaban J connectivity index is 1.43. The first-order valence-electron chi connectivity index (χ1n) is 9.94. The van der Waals surface area contributed by atoms with Crippen LogP contribution in [0.25, 0.3) is 11.4 Å². The van der Waals surface area contributed by atoms with Crippen LogP contribution in [0.1, 0.15) is 5.56 Å². The molecule has 1 saturated heterocycles. The van der Waals surface area contributed by atoms with Gasteiger partial charge in [-0.15, -0.1) is 0 Å². The molecule has 1 N–H and O–H groups in total. The minimum Gasteiger partial charge on any atom is -0.497 e. The third-order valence-corrected chi connectivity index (χ3v) is 5.71. The third kappa shape index (κ3) is 4.23. The number of H-pyrrole nitrogens is 1. The highest BCUT2D eigenvalue weighted by atomic mass is 32.1. The number of hydrogen-bond acceptors (Lipinski definition) is 5. The van der Waals surface area contributed by atoms with Gasteiger partial charge in [-0.2, -0.15) is 5.10 Å². The average Bonchev–Trinajstić information content (AvgIpc) is 3.14. The Hall–Kier alpha value is -3.13. The Morgan fingerprint density at radius 2 is 1.87 bits per heavy atom. The minimum atomic E-state index is 0.0474. The highest BCUT2D eigenvalue weighted by Crippen LogP contribution is 2.22. The largest absolute Gasteiger partial charge is 0.497 e. The molecular formula is C22H25N5O2S. The van der Waals surface area contributed by atoms with Crippen molar-refractivity contribution in [2.45, 2.75) is 13.5 Å². The number of amides is 1. The number of methoxy groups -OCH3 is 1. The van der Waals surface area contributed by atoms with Crippen molar-refractivity contribution in [3.8, 4) is 17.1 Å².